The fourth-order valence-corrected chi connectivity index (χ4v) is 5.19. The third kappa shape index (κ3) is 6.71. The van der Waals surface area contributed by atoms with Crippen molar-refractivity contribution in [2.45, 2.75) is 53.1 Å². The van der Waals surface area contributed by atoms with Gasteiger partial charge in [-0.25, -0.2) is 9.59 Å². The average molecular weight is 544 g/mol. The Labute approximate surface area is 235 Å². The van der Waals surface area contributed by atoms with Crippen LogP contribution in [-0.2, 0) is 11.2 Å². The summed E-state index contributed by atoms with van der Waals surface area (Å²) in [5.74, 6) is -0.342. The maximum atomic E-state index is 13.6. The summed E-state index contributed by atoms with van der Waals surface area (Å²) in [7, 11) is 0. The predicted molar refractivity (Wildman–Crippen MR) is 153 cm³/mol. The molecular formula is C33H37NO6. The zero-order chi connectivity index (χ0) is 29.0. The minimum absolute atomic E-state index is 0.0343. The number of carboxylic acid groups (broad SMARTS) is 1. The minimum Gasteiger partial charge on any atom is -0.478 e. The number of para-hydroxylation sites is 1. The fourth-order valence-electron chi connectivity index (χ4n) is 5.19. The van der Waals surface area contributed by atoms with Crippen LogP contribution in [0, 0.1) is 32.6 Å². The van der Waals surface area contributed by atoms with E-state index in [2.05, 4.69) is 0 Å². The van der Waals surface area contributed by atoms with Crippen molar-refractivity contribution in [2.24, 2.45) is 11.8 Å². The van der Waals surface area contributed by atoms with Gasteiger partial charge in [-0.15, -0.1) is 0 Å². The molecule has 1 aliphatic rings. The van der Waals surface area contributed by atoms with Gasteiger partial charge in [0.1, 0.15) is 11.5 Å². The van der Waals surface area contributed by atoms with Crippen LogP contribution < -0.4 is 9.47 Å². The highest BCUT2D eigenvalue weighted by Gasteiger charge is 2.40. The lowest BCUT2D eigenvalue weighted by Gasteiger charge is -2.25. The van der Waals surface area contributed by atoms with E-state index < -0.39 is 17.7 Å². The van der Waals surface area contributed by atoms with E-state index in [9.17, 15) is 19.5 Å². The van der Waals surface area contributed by atoms with Crippen LogP contribution >= 0.6 is 0 Å². The summed E-state index contributed by atoms with van der Waals surface area (Å²) in [4.78, 5) is 39.8. The zero-order valence-corrected chi connectivity index (χ0v) is 23.8. The number of hydrogen-bond acceptors (Lipinski definition) is 5. The maximum absolute atomic E-state index is 13.6. The summed E-state index contributed by atoms with van der Waals surface area (Å²) in [5.41, 5.74) is 3.17. The maximum Gasteiger partial charge on any atom is 0.415 e. The van der Waals surface area contributed by atoms with Gasteiger partial charge in [0.25, 0.3) is 0 Å². The van der Waals surface area contributed by atoms with Crippen LogP contribution in [0.2, 0.25) is 0 Å². The Kier molecular flexibility index (Phi) is 8.62. The molecule has 1 fully saturated rings. The highest BCUT2D eigenvalue weighted by atomic mass is 16.6. The molecule has 0 saturated carbocycles. The molecule has 0 spiro atoms. The lowest BCUT2D eigenvalue weighted by Crippen LogP contribution is -2.38. The quantitative estimate of drug-likeness (QED) is 0.313. The monoisotopic (exact) mass is 543 g/mol. The Hall–Kier alpha value is -4.13. The summed E-state index contributed by atoms with van der Waals surface area (Å²) in [6, 6.07) is 20.5. The average Bonchev–Trinajstić information content (AvgIpc) is 3.34. The number of ether oxygens (including phenoxy) is 2. The van der Waals surface area contributed by atoms with E-state index in [-0.39, 0.29) is 17.6 Å². The number of nitrogens with zero attached hydrogens (tertiary/aromatic N) is 1. The smallest absolute Gasteiger partial charge is 0.415 e. The van der Waals surface area contributed by atoms with Crippen LogP contribution in [0.1, 0.15) is 52.9 Å². The summed E-state index contributed by atoms with van der Waals surface area (Å²) < 4.78 is 11.4. The van der Waals surface area contributed by atoms with E-state index >= 15 is 0 Å². The summed E-state index contributed by atoms with van der Waals surface area (Å²) in [6.07, 6.45) is 0.954. The van der Waals surface area contributed by atoms with Gasteiger partial charge >= 0.3 is 12.1 Å². The topological polar surface area (TPSA) is 93.1 Å². The number of rotatable bonds is 9. The molecule has 1 aliphatic heterocycles. The van der Waals surface area contributed by atoms with Crippen molar-refractivity contribution in [1.29, 1.82) is 0 Å². The van der Waals surface area contributed by atoms with E-state index in [1.54, 1.807) is 17.0 Å². The molecule has 40 heavy (non-hydrogen) atoms. The van der Waals surface area contributed by atoms with E-state index in [1.807, 2.05) is 75.4 Å². The second-order valence-corrected chi connectivity index (χ2v) is 11.2. The Morgan fingerprint density at radius 2 is 1.55 bits per heavy atom. The van der Waals surface area contributed by atoms with Crippen molar-refractivity contribution in [1.82, 2.24) is 4.90 Å². The van der Waals surface area contributed by atoms with Gasteiger partial charge in [0.15, 0.2) is 11.4 Å². The number of carbonyl (C=O) groups excluding carboxylic acids is 2. The summed E-state index contributed by atoms with van der Waals surface area (Å²) in [5, 5.41) is 9.46. The van der Waals surface area contributed by atoms with Crippen LogP contribution in [0.15, 0.2) is 66.7 Å². The van der Waals surface area contributed by atoms with Crippen LogP contribution in [0.25, 0.3) is 0 Å². The second-order valence-electron chi connectivity index (χ2n) is 11.2. The number of ketones is 1. The molecule has 1 saturated heterocycles. The van der Waals surface area contributed by atoms with E-state index in [0.717, 1.165) is 22.3 Å². The van der Waals surface area contributed by atoms with Crippen molar-refractivity contribution in [3.8, 4) is 11.5 Å². The molecule has 3 aromatic rings. The highest BCUT2D eigenvalue weighted by molar-refractivity contribution is 5.98. The first-order valence-electron chi connectivity index (χ1n) is 13.6. The van der Waals surface area contributed by atoms with Crippen molar-refractivity contribution < 1.29 is 29.0 Å². The zero-order valence-electron chi connectivity index (χ0n) is 23.8. The van der Waals surface area contributed by atoms with Gasteiger partial charge in [0.05, 0.1) is 0 Å². The van der Waals surface area contributed by atoms with Gasteiger partial charge in [-0.2, -0.15) is 0 Å². The standard InChI is InChI=1S/C33H37NO6/c1-21-11-14-25(15-12-21)29(35)28-20-34(32(38)39-27-9-7-6-8-10-27)19-26(28)16-13-24-17-22(2)30(23(3)18-24)40-33(4,5)31(36)37/h6-12,14-15,17-18,26,28H,13,16,19-20H2,1-5H3,(H,36,37). The molecule has 4 rings (SSSR count). The van der Waals surface area contributed by atoms with Crippen LogP contribution in [-0.4, -0.2) is 46.5 Å². The van der Waals surface area contributed by atoms with Crippen molar-refractivity contribution in [2.75, 3.05) is 13.1 Å². The van der Waals surface area contributed by atoms with Crippen molar-refractivity contribution in [3.05, 3.63) is 94.5 Å². The molecule has 1 N–H and O–H groups in total. The molecule has 0 aliphatic carbocycles. The molecule has 2 unspecified atom stereocenters. The number of likely N-dealkylation sites (tertiary alicyclic amines) is 1. The third-order valence-corrected chi connectivity index (χ3v) is 7.52. The largest absolute Gasteiger partial charge is 0.478 e. The first-order valence-corrected chi connectivity index (χ1v) is 13.6. The Morgan fingerprint density at radius 3 is 2.15 bits per heavy atom. The third-order valence-electron chi connectivity index (χ3n) is 7.52. The van der Waals surface area contributed by atoms with Gasteiger partial charge in [0.2, 0.25) is 0 Å². The van der Waals surface area contributed by atoms with Crippen LogP contribution in [0.5, 0.6) is 11.5 Å². The molecule has 0 bridgehead atoms. The molecule has 7 nitrogen and oxygen atoms in total. The number of hydrogen-bond donors (Lipinski definition) is 1. The molecule has 1 heterocycles. The first kappa shape index (κ1) is 28.9. The number of aryl methyl sites for hydroxylation is 4. The van der Waals surface area contributed by atoms with E-state index in [1.165, 1.54) is 13.8 Å². The predicted octanol–water partition coefficient (Wildman–Crippen LogP) is 6.42. The lowest BCUT2D eigenvalue weighted by molar-refractivity contribution is -0.152. The molecule has 0 aromatic heterocycles. The van der Waals surface area contributed by atoms with Gasteiger partial charge in [-0.1, -0.05) is 60.2 Å². The number of carbonyl (C=O) groups is 3. The fraction of sp³-hybridized carbons (Fsp3) is 0.364. The number of carboxylic acids is 1. The Bertz CT molecular complexity index is 1360. The molecule has 210 valence electrons. The second kappa shape index (κ2) is 11.9. The molecule has 1 amide bonds. The number of Topliss-reactive ketones (excluding diaryl/α,β-unsaturated/α-hetero) is 1. The SMILES string of the molecule is Cc1ccc(C(=O)C2CN(C(=O)Oc3ccccc3)CC2CCc2cc(C)c(OC(C)(C)C(=O)O)c(C)c2)cc1. The highest BCUT2D eigenvalue weighted by Crippen LogP contribution is 2.33. The number of benzene rings is 3. The summed E-state index contributed by atoms with van der Waals surface area (Å²) in [6.45, 7) is 9.59. The van der Waals surface area contributed by atoms with Crippen molar-refractivity contribution in [3.63, 3.8) is 0 Å². The number of aliphatic carboxylic acids is 1. The molecule has 3 aromatic carbocycles. The molecule has 0 radical (unpaired) electrons. The van der Waals surface area contributed by atoms with Gasteiger partial charge in [-0.05, 0) is 82.2 Å². The van der Waals surface area contributed by atoms with Gasteiger partial charge in [0, 0.05) is 24.6 Å². The van der Waals surface area contributed by atoms with E-state index in [4.69, 9.17) is 9.47 Å². The Balaban J connectivity index is 1.51. The van der Waals surface area contributed by atoms with Gasteiger partial charge in [-0.3, -0.25) is 4.79 Å². The van der Waals surface area contributed by atoms with Crippen LogP contribution in [0.4, 0.5) is 4.79 Å². The van der Waals surface area contributed by atoms with Gasteiger partial charge < -0.3 is 19.5 Å². The van der Waals surface area contributed by atoms with Crippen molar-refractivity contribution >= 4 is 17.8 Å². The molecule has 2 atom stereocenters. The lowest BCUT2D eigenvalue weighted by atomic mass is 9.84. The van der Waals surface area contributed by atoms with Crippen LogP contribution in [0.3, 0.4) is 0 Å². The molecular weight excluding hydrogens is 506 g/mol. The summed E-state index contributed by atoms with van der Waals surface area (Å²) >= 11 is 0. The normalized spacial score (nSPS) is 17.0. The van der Waals surface area contributed by atoms with E-state index in [0.29, 0.717) is 43.0 Å². The Morgan fingerprint density at radius 1 is 0.925 bits per heavy atom. The molecule has 7 heteroatoms. The number of amides is 1. The minimum atomic E-state index is -1.34. The first-order chi connectivity index (χ1) is 18.9.